The maximum Gasteiger partial charge on any atom is 0.280 e. The predicted molar refractivity (Wildman–Crippen MR) is 96.1 cm³/mol. The van der Waals surface area contributed by atoms with Crippen LogP contribution in [0.4, 0.5) is 17.1 Å². The van der Waals surface area contributed by atoms with Crippen LogP contribution in [0.15, 0.2) is 69.9 Å². The van der Waals surface area contributed by atoms with Crippen LogP contribution >= 0.6 is 0 Å². The fourth-order valence-electron chi connectivity index (χ4n) is 2.38. The fourth-order valence-corrected chi connectivity index (χ4v) is 2.38. The SMILES string of the molecule is CC(=O)Nc1ccc(N=N[C@@H]2C(=O)N(c3ccccc3)N=C2C)cc1. The molecule has 2 amide bonds. The molecule has 2 aromatic carbocycles. The summed E-state index contributed by atoms with van der Waals surface area (Å²) in [5.41, 5.74) is 2.56. The van der Waals surface area contributed by atoms with Crippen molar-refractivity contribution in [1.29, 1.82) is 0 Å². The fraction of sp³-hybridized carbons (Fsp3) is 0.167. The lowest BCUT2D eigenvalue weighted by Crippen LogP contribution is -2.29. The van der Waals surface area contributed by atoms with E-state index in [1.165, 1.54) is 11.9 Å². The first-order valence-corrected chi connectivity index (χ1v) is 7.77. The molecule has 0 unspecified atom stereocenters. The standard InChI is InChI=1S/C18H17N5O2/c1-12-17(18(25)23(22-12)16-6-4-3-5-7-16)21-20-15-10-8-14(9-11-15)19-13(2)24/h3-11,17H,1-2H3,(H,19,24)/t17-/m0/s1. The van der Waals surface area contributed by atoms with Crippen molar-refractivity contribution >= 4 is 34.6 Å². The molecule has 2 aromatic rings. The van der Waals surface area contributed by atoms with Crippen molar-refractivity contribution in [2.75, 3.05) is 10.3 Å². The third-order valence-corrected chi connectivity index (χ3v) is 3.57. The predicted octanol–water partition coefficient (Wildman–Crippen LogP) is 3.52. The number of benzene rings is 2. The topological polar surface area (TPSA) is 86.5 Å². The molecular weight excluding hydrogens is 318 g/mol. The van der Waals surface area contributed by atoms with Gasteiger partial charge in [0, 0.05) is 12.6 Å². The van der Waals surface area contributed by atoms with Crippen LogP contribution in [0, 0.1) is 0 Å². The van der Waals surface area contributed by atoms with Gasteiger partial charge in [0.05, 0.1) is 17.1 Å². The Hall–Kier alpha value is -3.35. The van der Waals surface area contributed by atoms with Gasteiger partial charge in [-0.15, -0.1) is 0 Å². The Morgan fingerprint density at radius 2 is 1.80 bits per heavy atom. The van der Waals surface area contributed by atoms with Crippen LogP contribution in [0.5, 0.6) is 0 Å². The molecule has 0 aliphatic carbocycles. The average Bonchev–Trinajstić information content (AvgIpc) is 2.89. The molecule has 1 aliphatic heterocycles. The van der Waals surface area contributed by atoms with Crippen molar-refractivity contribution in [3.8, 4) is 0 Å². The van der Waals surface area contributed by atoms with Gasteiger partial charge >= 0.3 is 0 Å². The molecule has 3 rings (SSSR count). The van der Waals surface area contributed by atoms with E-state index in [1.54, 1.807) is 31.2 Å². The van der Waals surface area contributed by atoms with Gasteiger partial charge in [-0.05, 0) is 43.3 Å². The zero-order valence-corrected chi connectivity index (χ0v) is 13.9. The first kappa shape index (κ1) is 16.5. The Morgan fingerprint density at radius 3 is 2.44 bits per heavy atom. The number of amides is 2. The number of hydrazone groups is 1. The van der Waals surface area contributed by atoms with E-state index in [9.17, 15) is 9.59 Å². The molecule has 1 heterocycles. The second kappa shape index (κ2) is 7.04. The van der Waals surface area contributed by atoms with Gasteiger partial charge in [-0.25, -0.2) is 0 Å². The lowest BCUT2D eigenvalue weighted by molar-refractivity contribution is -0.118. The van der Waals surface area contributed by atoms with Crippen LogP contribution < -0.4 is 10.3 Å². The monoisotopic (exact) mass is 335 g/mol. The number of para-hydroxylation sites is 1. The number of hydrogen-bond acceptors (Lipinski definition) is 5. The van der Waals surface area contributed by atoms with Crippen molar-refractivity contribution < 1.29 is 9.59 Å². The minimum absolute atomic E-state index is 0.140. The maximum absolute atomic E-state index is 12.5. The minimum atomic E-state index is -0.727. The summed E-state index contributed by atoms with van der Waals surface area (Å²) in [5, 5.41) is 16.6. The van der Waals surface area contributed by atoms with E-state index in [4.69, 9.17) is 0 Å². The van der Waals surface area contributed by atoms with Gasteiger partial charge in [-0.3, -0.25) is 9.59 Å². The lowest BCUT2D eigenvalue weighted by Gasteiger charge is -2.11. The van der Waals surface area contributed by atoms with E-state index in [-0.39, 0.29) is 11.8 Å². The van der Waals surface area contributed by atoms with Crippen LogP contribution in [-0.4, -0.2) is 23.6 Å². The van der Waals surface area contributed by atoms with Gasteiger partial charge < -0.3 is 5.32 Å². The van der Waals surface area contributed by atoms with Crippen LogP contribution in [0.25, 0.3) is 0 Å². The molecule has 25 heavy (non-hydrogen) atoms. The first-order valence-electron chi connectivity index (χ1n) is 7.77. The van der Waals surface area contributed by atoms with Crippen molar-refractivity contribution in [2.45, 2.75) is 19.9 Å². The van der Waals surface area contributed by atoms with Crippen molar-refractivity contribution in [1.82, 2.24) is 0 Å². The largest absolute Gasteiger partial charge is 0.326 e. The smallest absolute Gasteiger partial charge is 0.280 e. The first-order chi connectivity index (χ1) is 12.0. The molecule has 7 nitrogen and oxygen atoms in total. The number of rotatable bonds is 4. The van der Waals surface area contributed by atoms with E-state index in [1.807, 2.05) is 30.3 Å². The lowest BCUT2D eigenvalue weighted by atomic mass is 10.2. The molecular formula is C18H17N5O2. The van der Waals surface area contributed by atoms with E-state index in [0.717, 1.165) is 0 Å². The van der Waals surface area contributed by atoms with Crippen molar-refractivity contribution in [2.24, 2.45) is 15.3 Å². The molecule has 1 atom stereocenters. The maximum atomic E-state index is 12.5. The highest BCUT2D eigenvalue weighted by atomic mass is 16.2. The van der Waals surface area contributed by atoms with Gasteiger partial charge in [0.15, 0.2) is 6.04 Å². The molecule has 126 valence electrons. The summed E-state index contributed by atoms with van der Waals surface area (Å²) in [6.45, 7) is 3.20. The number of nitrogens with one attached hydrogen (secondary N) is 1. The number of nitrogens with zero attached hydrogens (tertiary/aromatic N) is 4. The molecule has 1 aliphatic rings. The molecule has 0 aromatic heterocycles. The number of carbonyl (C=O) groups excluding carboxylic acids is 2. The van der Waals surface area contributed by atoms with Crippen LogP contribution in [0.2, 0.25) is 0 Å². The summed E-state index contributed by atoms with van der Waals surface area (Å²) in [6.07, 6.45) is 0. The van der Waals surface area contributed by atoms with Crippen LogP contribution in [0.3, 0.4) is 0 Å². The highest BCUT2D eigenvalue weighted by molar-refractivity contribution is 6.18. The Kier molecular flexibility index (Phi) is 4.65. The van der Waals surface area contributed by atoms with Gasteiger partial charge in [0.25, 0.3) is 5.91 Å². The van der Waals surface area contributed by atoms with Crippen molar-refractivity contribution in [3.63, 3.8) is 0 Å². The molecule has 0 bridgehead atoms. The number of anilines is 2. The Morgan fingerprint density at radius 1 is 1.12 bits per heavy atom. The van der Waals surface area contributed by atoms with Gasteiger partial charge in [0.1, 0.15) is 0 Å². The van der Waals surface area contributed by atoms with E-state index in [0.29, 0.717) is 22.8 Å². The zero-order valence-electron chi connectivity index (χ0n) is 13.9. The minimum Gasteiger partial charge on any atom is -0.326 e. The summed E-state index contributed by atoms with van der Waals surface area (Å²) in [4.78, 5) is 23.5. The highest BCUT2D eigenvalue weighted by Gasteiger charge is 2.34. The second-order valence-corrected chi connectivity index (χ2v) is 5.57. The Balaban J connectivity index is 1.72. The molecule has 1 N–H and O–H groups in total. The quantitative estimate of drug-likeness (QED) is 0.867. The van der Waals surface area contributed by atoms with Crippen molar-refractivity contribution in [3.05, 3.63) is 54.6 Å². The number of hydrogen-bond donors (Lipinski definition) is 1. The molecule has 0 fully saturated rings. The third kappa shape index (κ3) is 3.77. The molecule has 0 saturated carbocycles. The summed E-state index contributed by atoms with van der Waals surface area (Å²) >= 11 is 0. The summed E-state index contributed by atoms with van der Waals surface area (Å²) in [6, 6.07) is 15.4. The summed E-state index contributed by atoms with van der Waals surface area (Å²) < 4.78 is 0. The van der Waals surface area contributed by atoms with Gasteiger partial charge in [-0.1, -0.05) is 18.2 Å². The Bertz CT molecular complexity index is 844. The average molecular weight is 335 g/mol. The van der Waals surface area contributed by atoms with Gasteiger partial charge in [-0.2, -0.15) is 20.3 Å². The van der Waals surface area contributed by atoms with Crippen LogP contribution in [-0.2, 0) is 9.59 Å². The Labute approximate surface area is 145 Å². The third-order valence-electron chi connectivity index (χ3n) is 3.57. The normalized spacial score (nSPS) is 17.0. The molecule has 0 spiro atoms. The van der Waals surface area contributed by atoms with Gasteiger partial charge in [0.2, 0.25) is 5.91 Å². The summed E-state index contributed by atoms with van der Waals surface area (Å²) in [7, 11) is 0. The number of azo groups is 1. The molecule has 7 heteroatoms. The van der Waals surface area contributed by atoms with Crippen LogP contribution in [0.1, 0.15) is 13.8 Å². The summed E-state index contributed by atoms with van der Waals surface area (Å²) in [5.74, 6) is -0.374. The van der Waals surface area contributed by atoms with E-state index >= 15 is 0 Å². The highest BCUT2D eigenvalue weighted by Crippen LogP contribution is 2.23. The molecule has 0 radical (unpaired) electrons. The second-order valence-electron chi connectivity index (χ2n) is 5.57. The molecule has 0 saturated heterocycles. The zero-order chi connectivity index (χ0) is 17.8. The van der Waals surface area contributed by atoms with E-state index < -0.39 is 6.04 Å². The van der Waals surface area contributed by atoms with E-state index in [2.05, 4.69) is 20.6 Å². The number of carbonyl (C=O) groups is 2.